The van der Waals surface area contributed by atoms with Crippen molar-refractivity contribution in [3.8, 4) is 0 Å². The average Bonchev–Trinajstić information content (AvgIpc) is 3.55. The zero-order chi connectivity index (χ0) is 23.4. The summed E-state index contributed by atoms with van der Waals surface area (Å²) >= 11 is 0. The number of fused-ring (bicyclic) bond motifs is 8. The van der Waals surface area contributed by atoms with Crippen molar-refractivity contribution in [2.45, 2.75) is 38.3 Å². The van der Waals surface area contributed by atoms with Crippen LogP contribution in [0.1, 0.15) is 29.5 Å². The predicted molar refractivity (Wildman–Crippen MR) is 129 cm³/mol. The van der Waals surface area contributed by atoms with Crippen molar-refractivity contribution in [2.75, 3.05) is 16.8 Å². The van der Waals surface area contributed by atoms with E-state index in [-0.39, 0.29) is 23.8 Å². The van der Waals surface area contributed by atoms with Crippen LogP contribution in [0.4, 0.5) is 11.4 Å². The molecule has 4 aliphatic rings. The number of carbonyl (C=O) groups is 3. The van der Waals surface area contributed by atoms with E-state index in [1.165, 1.54) is 4.90 Å². The highest BCUT2D eigenvalue weighted by Crippen LogP contribution is 2.61. The van der Waals surface area contributed by atoms with E-state index in [4.69, 9.17) is 0 Å². The standard InChI is InChI=1S/C28H25N3O3/c1-15-9-12-20-24(16(15)2)29-27(34)28(20)23-22(21-8-5-13-30(21)28)25(32)31(26(23)33)19-11-10-17-6-3-4-7-18(17)14-19/h3-4,6-7,9-12,14,21-23H,5,8,13H2,1-2H3,(H,29,34). The van der Waals surface area contributed by atoms with Gasteiger partial charge < -0.3 is 5.32 Å². The number of imide groups is 1. The van der Waals surface area contributed by atoms with Crippen molar-refractivity contribution in [3.05, 3.63) is 71.3 Å². The highest BCUT2D eigenvalue weighted by Gasteiger charge is 2.74. The Hall–Kier alpha value is -3.51. The Morgan fingerprint density at radius 3 is 2.56 bits per heavy atom. The first-order chi connectivity index (χ1) is 16.4. The molecule has 0 bridgehead atoms. The van der Waals surface area contributed by atoms with E-state index in [1.54, 1.807) is 0 Å². The van der Waals surface area contributed by atoms with Crippen LogP contribution in [0.25, 0.3) is 10.8 Å². The highest BCUT2D eigenvalue weighted by molar-refractivity contribution is 6.26. The quantitative estimate of drug-likeness (QED) is 0.570. The van der Waals surface area contributed by atoms with Gasteiger partial charge in [-0.1, -0.05) is 42.5 Å². The van der Waals surface area contributed by atoms with Crippen molar-refractivity contribution >= 4 is 39.9 Å². The minimum Gasteiger partial charge on any atom is -0.324 e. The molecule has 3 saturated heterocycles. The van der Waals surface area contributed by atoms with E-state index >= 15 is 0 Å². The topological polar surface area (TPSA) is 69.7 Å². The summed E-state index contributed by atoms with van der Waals surface area (Å²) < 4.78 is 0. The van der Waals surface area contributed by atoms with Gasteiger partial charge in [0, 0.05) is 17.3 Å². The number of carbonyl (C=O) groups excluding carboxylic acids is 3. The zero-order valence-electron chi connectivity index (χ0n) is 19.2. The number of amides is 3. The Morgan fingerprint density at radius 2 is 1.74 bits per heavy atom. The maximum Gasteiger partial charge on any atom is 0.250 e. The lowest BCUT2D eigenvalue weighted by Gasteiger charge is -2.36. The minimum absolute atomic E-state index is 0.106. The van der Waals surface area contributed by atoms with E-state index in [0.29, 0.717) is 12.2 Å². The molecule has 0 aliphatic carbocycles. The van der Waals surface area contributed by atoms with Gasteiger partial charge in [-0.3, -0.25) is 19.3 Å². The molecule has 3 aromatic rings. The highest BCUT2D eigenvalue weighted by atomic mass is 16.2. The summed E-state index contributed by atoms with van der Waals surface area (Å²) in [7, 11) is 0. The molecule has 1 spiro atoms. The molecule has 4 aliphatic heterocycles. The van der Waals surface area contributed by atoms with Crippen LogP contribution >= 0.6 is 0 Å². The molecule has 0 saturated carbocycles. The first-order valence-electron chi connectivity index (χ1n) is 12.0. The van der Waals surface area contributed by atoms with Crippen LogP contribution in [0.3, 0.4) is 0 Å². The van der Waals surface area contributed by atoms with E-state index in [1.807, 2.05) is 68.4 Å². The van der Waals surface area contributed by atoms with Gasteiger partial charge in [0.05, 0.1) is 17.5 Å². The second-order valence-corrected chi connectivity index (χ2v) is 10.1. The van der Waals surface area contributed by atoms with Gasteiger partial charge in [0.2, 0.25) is 17.7 Å². The third kappa shape index (κ3) is 2.18. The zero-order valence-corrected chi connectivity index (χ0v) is 19.2. The van der Waals surface area contributed by atoms with Gasteiger partial charge in [-0.15, -0.1) is 0 Å². The molecule has 3 fully saturated rings. The Labute approximate surface area is 197 Å². The molecule has 170 valence electrons. The molecule has 1 N–H and O–H groups in total. The minimum atomic E-state index is -1.13. The van der Waals surface area contributed by atoms with Crippen molar-refractivity contribution in [1.82, 2.24) is 4.90 Å². The fourth-order valence-electron chi connectivity index (χ4n) is 7.09. The maximum atomic E-state index is 14.1. The van der Waals surface area contributed by atoms with Crippen LogP contribution < -0.4 is 10.2 Å². The van der Waals surface area contributed by atoms with Gasteiger partial charge in [0.1, 0.15) is 5.54 Å². The summed E-state index contributed by atoms with van der Waals surface area (Å²) in [5.41, 5.74) is 3.22. The van der Waals surface area contributed by atoms with Crippen molar-refractivity contribution in [1.29, 1.82) is 0 Å². The maximum absolute atomic E-state index is 14.1. The second-order valence-electron chi connectivity index (χ2n) is 10.1. The van der Waals surface area contributed by atoms with Gasteiger partial charge in [-0.2, -0.15) is 0 Å². The van der Waals surface area contributed by atoms with Gasteiger partial charge in [-0.25, -0.2) is 4.90 Å². The Balaban J connectivity index is 1.42. The summed E-state index contributed by atoms with van der Waals surface area (Å²) in [6, 6.07) is 17.5. The van der Waals surface area contributed by atoms with Gasteiger partial charge in [0.15, 0.2) is 0 Å². The van der Waals surface area contributed by atoms with E-state index in [2.05, 4.69) is 10.2 Å². The number of aryl methyl sites for hydroxylation is 1. The fraction of sp³-hybridized carbons (Fsp3) is 0.321. The van der Waals surface area contributed by atoms with Crippen LogP contribution in [-0.2, 0) is 19.9 Å². The Bertz CT molecular complexity index is 1450. The van der Waals surface area contributed by atoms with Crippen LogP contribution in [0.2, 0.25) is 0 Å². The second kappa shape index (κ2) is 6.54. The molecule has 6 nitrogen and oxygen atoms in total. The van der Waals surface area contributed by atoms with Crippen molar-refractivity contribution in [3.63, 3.8) is 0 Å². The smallest absolute Gasteiger partial charge is 0.250 e. The van der Waals surface area contributed by atoms with Crippen LogP contribution in [-0.4, -0.2) is 35.2 Å². The molecular weight excluding hydrogens is 426 g/mol. The molecule has 34 heavy (non-hydrogen) atoms. The summed E-state index contributed by atoms with van der Waals surface area (Å²) in [5.74, 6) is -1.85. The molecule has 0 radical (unpaired) electrons. The Morgan fingerprint density at radius 1 is 0.941 bits per heavy atom. The lowest BCUT2D eigenvalue weighted by Crippen LogP contribution is -2.54. The number of rotatable bonds is 1. The van der Waals surface area contributed by atoms with Gasteiger partial charge in [-0.05, 0) is 67.3 Å². The van der Waals surface area contributed by atoms with Gasteiger partial charge in [0.25, 0.3) is 0 Å². The van der Waals surface area contributed by atoms with E-state index < -0.39 is 17.4 Å². The SMILES string of the molecule is Cc1ccc2c(c1C)NC(=O)C21C2C(=O)N(c3ccc4ccccc4c3)C(=O)C2C2CCCN21. The molecule has 4 heterocycles. The lowest BCUT2D eigenvalue weighted by molar-refractivity contribution is -0.135. The number of nitrogens with one attached hydrogen (secondary N) is 1. The number of hydrogen-bond donors (Lipinski definition) is 1. The number of nitrogens with zero attached hydrogens (tertiary/aromatic N) is 2. The average molecular weight is 452 g/mol. The Kier molecular flexibility index (Phi) is 3.83. The normalized spacial score (nSPS) is 29.8. The van der Waals surface area contributed by atoms with Crippen molar-refractivity contribution in [2.24, 2.45) is 11.8 Å². The molecule has 3 amide bonds. The largest absolute Gasteiger partial charge is 0.324 e. The van der Waals surface area contributed by atoms with Crippen molar-refractivity contribution < 1.29 is 14.4 Å². The van der Waals surface area contributed by atoms with Crippen LogP contribution in [0, 0.1) is 25.7 Å². The fourth-order valence-corrected chi connectivity index (χ4v) is 7.09. The van der Waals surface area contributed by atoms with Crippen LogP contribution in [0.5, 0.6) is 0 Å². The lowest BCUT2D eigenvalue weighted by atomic mass is 9.75. The molecule has 7 rings (SSSR count). The molecule has 3 aromatic carbocycles. The first-order valence-corrected chi connectivity index (χ1v) is 12.0. The number of benzene rings is 3. The summed E-state index contributed by atoms with van der Waals surface area (Å²) in [4.78, 5) is 45.4. The molecule has 4 atom stereocenters. The molecule has 6 heteroatoms. The third-order valence-electron chi connectivity index (χ3n) is 8.69. The summed E-state index contributed by atoms with van der Waals surface area (Å²) in [6.07, 6.45) is 1.74. The molecule has 4 unspecified atom stereocenters. The third-order valence-corrected chi connectivity index (χ3v) is 8.69. The monoisotopic (exact) mass is 451 g/mol. The van der Waals surface area contributed by atoms with Crippen LogP contribution in [0.15, 0.2) is 54.6 Å². The molecule has 0 aromatic heterocycles. The number of hydrogen-bond acceptors (Lipinski definition) is 4. The number of anilines is 2. The van der Waals surface area contributed by atoms with Gasteiger partial charge >= 0.3 is 0 Å². The van der Waals surface area contributed by atoms with E-state index in [9.17, 15) is 14.4 Å². The predicted octanol–water partition coefficient (Wildman–Crippen LogP) is 3.89. The molecular formula is C28H25N3O3. The first kappa shape index (κ1) is 19.9. The summed E-state index contributed by atoms with van der Waals surface area (Å²) in [5, 5.41) is 5.15. The summed E-state index contributed by atoms with van der Waals surface area (Å²) in [6.45, 7) is 4.74. The van der Waals surface area contributed by atoms with E-state index in [0.717, 1.165) is 46.0 Å².